The monoisotopic (exact) mass is 371 g/mol. The van der Waals surface area contributed by atoms with Crippen molar-refractivity contribution in [2.75, 3.05) is 4.31 Å². The fraction of sp³-hybridized carbons (Fsp3) is 0.188. The zero-order valence-electron chi connectivity index (χ0n) is 12.8. The number of alkyl halides is 3. The van der Waals surface area contributed by atoms with Crippen LogP contribution in [0.4, 0.5) is 23.7 Å². The number of sulfonamides is 1. The van der Waals surface area contributed by atoms with Gasteiger partial charge in [0.2, 0.25) is 6.10 Å². The fourth-order valence-corrected chi connectivity index (χ4v) is 3.85. The summed E-state index contributed by atoms with van der Waals surface area (Å²) in [5, 5.41) is 0. The molecule has 0 aliphatic carbocycles. The third kappa shape index (κ3) is 2.95. The Hall–Kier alpha value is -2.55. The molecule has 5 nitrogen and oxygen atoms in total. The van der Waals surface area contributed by atoms with Gasteiger partial charge in [-0.3, -0.25) is 0 Å². The molecule has 0 saturated heterocycles. The van der Waals surface area contributed by atoms with E-state index in [4.69, 9.17) is 0 Å². The predicted octanol–water partition coefficient (Wildman–Crippen LogP) is 3.94. The van der Waals surface area contributed by atoms with Crippen LogP contribution in [0.15, 0.2) is 53.4 Å². The van der Waals surface area contributed by atoms with E-state index in [9.17, 15) is 26.4 Å². The number of carbonyl (C=O) groups is 1. The number of hydrogen-bond donors (Lipinski definition) is 0. The molecular weight excluding hydrogens is 359 g/mol. The lowest BCUT2D eigenvalue weighted by Crippen LogP contribution is -2.44. The maximum absolute atomic E-state index is 13.1. The van der Waals surface area contributed by atoms with Crippen LogP contribution in [-0.2, 0) is 14.8 Å². The van der Waals surface area contributed by atoms with Crippen LogP contribution in [0.5, 0.6) is 0 Å². The summed E-state index contributed by atoms with van der Waals surface area (Å²) in [6.07, 6.45) is -8.96. The van der Waals surface area contributed by atoms with E-state index in [1.165, 1.54) is 36.4 Å². The van der Waals surface area contributed by atoms with Gasteiger partial charge in [-0.15, -0.1) is 0 Å². The third-order valence-electron chi connectivity index (χ3n) is 3.68. The van der Waals surface area contributed by atoms with Crippen LogP contribution in [0.25, 0.3) is 0 Å². The molecule has 0 spiro atoms. The van der Waals surface area contributed by atoms with Crippen molar-refractivity contribution in [1.29, 1.82) is 0 Å². The van der Waals surface area contributed by atoms with Gasteiger partial charge >= 0.3 is 12.3 Å². The van der Waals surface area contributed by atoms with Gasteiger partial charge in [0.15, 0.2) is 0 Å². The minimum Gasteiger partial charge on any atom is -0.430 e. The van der Waals surface area contributed by atoms with Crippen molar-refractivity contribution in [2.24, 2.45) is 0 Å². The van der Waals surface area contributed by atoms with Crippen molar-refractivity contribution in [1.82, 2.24) is 0 Å². The average Bonchev–Trinajstić information content (AvgIpc) is 2.53. The van der Waals surface area contributed by atoms with Gasteiger partial charge in [0.1, 0.15) is 0 Å². The molecule has 1 atom stereocenters. The molecule has 0 saturated carbocycles. The summed E-state index contributed by atoms with van der Waals surface area (Å²) in [6.45, 7) is 1.74. The molecule has 0 N–H and O–H groups in total. The number of rotatable bonds is 2. The van der Waals surface area contributed by atoms with Crippen molar-refractivity contribution >= 4 is 21.8 Å². The van der Waals surface area contributed by atoms with Crippen molar-refractivity contribution in [3.8, 4) is 0 Å². The quantitative estimate of drug-likeness (QED) is 0.802. The Balaban J connectivity index is 2.16. The smallest absolute Gasteiger partial charge is 0.430 e. The first-order chi connectivity index (χ1) is 11.6. The zero-order valence-corrected chi connectivity index (χ0v) is 13.6. The molecule has 0 radical (unpaired) electrons. The Labute approximate surface area is 141 Å². The molecule has 9 heteroatoms. The second-order valence-electron chi connectivity index (χ2n) is 5.45. The number of anilines is 1. The van der Waals surface area contributed by atoms with Crippen molar-refractivity contribution in [3.05, 3.63) is 59.7 Å². The van der Waals surface area contributed by atoms with E-state index in [1.807, 2.05) is 0 Å². The van der Waals surface area contributed by atoms with Crippen molar-refractivity contribution < 1.29 is 31.1 Å². The molecule has 0 aromatic heterocycles. The molecule has 2 aromatic carbocycles. The van der Waals surface area contributed by atoms with E-state index in [1.54, 1.807) is 6.92 Å². The van der Waals surface area contributed by atoms with Crippen LogP contribution < -0.4 is 4.31 Å². The van der Waals surface area contributed by atoms with E-state index in [0.717, 1.165) is 17.7 Å². The van der Waals surface area contributed by atoms with Gasteiger partial charge in [-0.05, 0) is 25.1 Å². The van der Waals surface area contributed by atoms with E-state index < -0.39 is 34.0 Å². The lowest BCUT2D eigenvalue weighted by atomic mass is 10.1. The maximum atomic E-state index is 13.1. The summed E-state index contributed by atoms with van der Waals surface area (Å²) in [6, 6.07) is 10.5. The zero-order chi connectivity index (χ0) is 18.4. The standard InChI is InChI=1S/C16H12F3NO4S/c1-10-6-8-11(9-7-10)25(22,23)20-13-5-3-2-4-12(13)14(16(17,18)19)24-15(20)21/h2-9,14H,1H3. The highest BCUT2D eigenvalue weighted by molar-refractivity contribution is 7.93. The number of hydrogen-bond acceptors (Lipinski definition) is 4. The number of ether oxygens (including phenoxy) is 1. The second-order valence-corrected chi connectivity index (χ2v) is 7.23. The molecule has 132 valence electrons. The first-order valence-corrected chi connectivity index (χ1v) is 8.54. The number of para-hydroxylation sites is 1. The van der Waals surface area contributed by atoms with Gasteiger partial charge in [0, 0.05) is 5.56 Å². The van der Waals surface area contributed by atoms with Gasteiger partial charge < -0.3 is 4.74 Å². The highest BCUT2D eigenvalue weighted by Gasteiger charge is 2.51. The van der Waals surface area contributed by atoms with Gasteiger partial charge in [0.25, 0.3) is 10.0 Å². The summed E-state index contributed by atoms with van der Waals surface area (Å²) in [5.74, 6) is 0. The Morgan fingerprint density at radius 3 is 2.24 bits per heavy atom. The highest BCUT2D eigenvalue weighted by atomic mass is 32.2. The molecule has 1 heterocycles. The Morgan fingerprint density at radius 1 is 1.04 bits per heavy atom. The minimum absolute atomic E-state index is 0.227. The van der Waals surface area contributed by atoms with E-state index in [2.05, 4.69) is 4.74 Å². The normalized spacial score (nSPS) is 17.8. The Morgan fingerprint density at radius 2 is 1.64 bits per heavy atom. The number of halogens is 3. The second kappa shape index (κ2) is 5.76. The third-order valence-corrected chi connectivity index (χ3v) is 5.37. The predicted molar refractivity (Wildman–Crippen MR) is 82.6 cm³/mol. The molecule has 25 heavy (non-hydrogen) atoms. The molecule has 1 aliphatic rings. The molecule has 3 rings (SSSR count). The molecule has 1 aliphatic heterocycles. The molecule has 0 fully saturated rings. The summed E-state index contributed by atoms with van der Waals surface area (Å²) < 4.78 is 69.6. The van der Waals surface area contributed by atoms with Crippen LogP contribution >= 0.6 is 0 Å². The minimum atomic E-state index is -4.86. The summed E-state index contributed by atoms with van der Waals surface area (Å²) in [7, 11) is -4.42. The van der Waals surface area contributed by atoms with Crippen molar-refractivity contribution in [3.63, 3.8) is 0 Å². The molecule has 0 bridgehead atoms. The number of carbonyl (C=O) groups excluding carboxylic acids is 1. The Kier molecular flexibility index (Phi) is 3.98. The number of amides is 1. The summed E-state index contributed by atoms with van der Waals surface area (Å²) in [5.41, 5.74) is -0.0235. The average molecular weight is 371 g/mol. The molecule has 2 aromatic rings. The number of benzene rings is 2. The highest BCUT2D eigenvalue weighted by Crippen LogP contribution is 2.45. The first kappa shape index (κ1) is 17.3. The van der Waals surface area contributed by atoms with E-state index in [-0.39, 0.29) is 14.9 Å². The van der Waals surface area contributed by atoms with Crippen LogP contribution in [-0.4, -0.2) is 20.7 Å². The van der Waals surface area contributed by atoms with E-state index in [0.29, 0.717) is 0 Å². The van der Waals surface area contributed by atoms with Crippen LogP contribution in [0.2, 0.25) is 0 Å². The number of nitrogens with zero attached hydrogens (tertiary/aromatic N) is 1. The van der Waals surface area contributed by atoms with Crippen LogP contribution in [0.3, 0.4) is 0 Å². The molecule has 1 unspecified atom stereocenters. The number of aryl methyl sites for hydroxylation is 1. The van der Waals surface area contributed by atoms with Crippen molar-refractivity contribution in [2.45, 2.75) is 24.1 Å². The summed E-state index contributed by atoms with van der Waals surface area (Å²) in [4.78, 5) is 11.9. The fourth-order valence-electron chi connectivity index (χ4n) is 2.49. The molecule has 1 amide bonds. The number of fused-ring (bicyclic) bond motifs is 1. The van der Waals surface area contributed by atoms with E-state index >= 15 is 0 Å². The SMILES string of the molecule is Cc1ccc(S(=O)(=O)N2C(=O)OC(C(F)(F)F)c3ccccc32)cc1. The van der Waals surface area contributed by atoms with Gasteiger partial charge in [-0.2, -0.15) is 17.5 Å². The van der Waals surface area contributed by atoms with Gasteiger partial charge in [-0.1, -0.05) is 35.9 Å². The Bertz CT molecular complexity index is 923. The topological polar surface area (TPSA) is 63.7 Å². The van der Waals surface area contributed by atoms with Gasteiger partial charge in [0.05, 0.1) is 10.6 Å². The lowest BCUT2D eigenvalue weighted by Gasteiger charge is -2.33. The van der Waals surface area contributed by atoms with Crippen LogP contribution in [0, 0.1) is 6.92 Å². The lowest BCUT2D eigenvalue weighted by molar-refractivity contribution is -0.206. The number of cyclic esters (lactones) is 1. The maximum Gasteiger partial charge on any atom is 0.430 e. The molecular formula is C16H12F3NO4S. The van der Waals surface area contributed by atoms with Gasteiger partial charge in [-0.25, -0.2) is 13.2 Å². The van der Waals surface area contributed by atoms with Crippen LogP contribution in [0.1, 0.15) is 17.2 Å². The summed E-state index contributed by atoms with van der Waals surface area (Å²) >= 11 is 0. The largest absolute Gasteiger partial charge is 0.430 e. The first-order valence-electron chi connectivity index (χ1n) is 7.10.